The number of carbonyl (C=O) groups excluding carboxylic acids is 1. The average molecular weight is 352 g/mol. The number of para-hydroxylation sites is 2. The van der Waals surface area contributed by atoms with Crippen LogP contribution in [0.1, 0.15) is 31.2 Å². The molecular weight excluding hydrogens is 324 g/mol. The molecule has 1 aliphatic rings. The molecule has 0 spiro atoms. The van der Waals surface area contributed by atoms with Crippen molar-refractivity contribution in [2.45, 2.75) is 32.1 Å². The van der Waals surface area contributed by atoms with Gasteiger partial charge in [0.2, 0.25) is 5.91 Å². The highest BCUT2D eigenvalue weighted by molar-refractivity contribution is 5.93. The lowest BCUT2D eigenvalue weighted by Gasteiger charge is -2.25. The summed E-state index contributed by atoms with van der Waals surface area (Å²) in [6, 6.07) is 18.1. The first-order chi connectivity index (χ1) is 12.8. The number of anilines is 1. The molecule has 26 heavy (non-hydrogen) atoms. The predicted molar refractivity (Wildman–Crippen MR) is 106 cm³/mol. The molecule has 0 saturated carbocycles. The van der Waals surface area contributed by atoms with Crippen LogP contribution in [0.15, 0.2) is 54.6 Å². The van der Waals surface area contributed by atoms with E-state index in [1.807, 2.05) is 30.3 Å². The fourth-order valence-corrected chi connectivity index (χ4v) is 3.31. The van der Waals surface area contributed by atoms with E-state index >= 15 is 0 Å². The number of aryl methyl sites for hydroxylation is 1. The zero-order valence-electron chi connectivity index (χ0n) is 15.3. The third-order valence-electron chi connectivity index (χ3n) is 4.69. The van der Waals surface area contributed by atoms with Crippen LogP contribution in [0.3, 0.4) is 0 Å². The Morgan fingerprint density at radius 2 is 1.69 bits per heavy atom. The predicted octanol–water partition coefficient (Wildman–Crippen LogP) is 4.12. The van der Waals surface area contributed by atoms with Crippen molar-refractivity contribution < 1.29 is 9.53 Å². The summed E-state index contributed by atoms with van der Waals surface area (Å²) in [7, 11) is 0. The van der Waals surface area contributed by atoms with E-state index in [2.05, 4.69) is 34.5 Å². The Kier molecular flexibility index (Phi) is 7.08. The van der Waals surface area contributed by atoms with E-state index in [-0.39, 0.29) is 5.91 Å². The van der Waals surface area contributed by atoms with Crippen molar-refractivity contribution in [3.63, 3.8) is 0 Å². The summed E-state index contributed by atoms with van der Waals surface area (Å²) < 4.78 is 5.92. The minimum Gasteiger partial charge on any atom is -0.491 e. The standard InChI is InChI=1S/C22H28N2O2/c25-22(18-24-15-7-2-8-16-24)23-20-13-5-6-14-21(20)26-17-9-12-19-10-3-1-4-11-19/h1,3-6,10-11,13-14H,2,7-9,12,15-18H2,(H,23,25). The molecule has 0 radical (unpaired) electrons. The lowest BCUT2D eigenvalue weighted by atomic mass is 10.1. The second kappa shape index (κ2) is 9.97. The molecule has 0 atom stereocenters. The summed E-state index contributed by atoms with van der Waals surface area (Å²) >= 11 is 0. The number of likely N-dealkylation sites (tertiary alicyclic amines) is 1. The molecule has 3 rings (SSSR count). The van der Waals surface area contributed by atoms with E-state index in [0.29, 0.717) is 13.2 Å². The van der Waals surface area contributed by atoms with Crippen molar-refractivity contribution in [2.75, 3.05) is 31.6 Å². The average Bonchev–Trinajstić information content (AvgIpc) is 2.68. The van der Waals surface area contributed by atoms with Gasteiger partial charge in [-0.3, -0.25) is 9.69 Å². The van der Waals surface area contributed by atoms with Gasteiger partial charge in [-0.15, -0.1) is 0 Å². The van der Waals surface area contributed by atoms with Gasteiger partial charge in [0.1, 0.15) is 5.75 Å². The van der Waals surface area contributed by atoms with Crippen LogP contribution < -0.4 is 10.1 Å². The van der Waals surface area contributed by atoms with E-state index < -0.39 is 0 Å². The van der Waals surface area contributed by atoms with Crippen molar-refractivity contribution >= 4 is 11.6 Å². The highest BCUT2D eigenvalue weighted by Crippen LogP contribution is 2.24. The molecular formula is C22H28N2O2. The second-order valence-electron chi connectivity index (χ2n) is 6.82. The molecule has 4 heteroatoms. The Morgan fingerprint density at radius 3 is 2.50 bits per heavy atom. The van der Waals surface area contributed by atoms with E-state index in [4.69, 9.17) is 4.74 Å². The molecule has 138 valence electrons. The fraction of sp³-hybridized carbons (Fsp3) is 0.409. The van der Waals surface area contributed by atoms with Crippen molar-refractivity contribution in [1.29, 1.82) is 0 Å². The maximum absolute atomic E-state index is 12.3. The molecule has 0 aromatic heterocycles. The van der Waals surface area contributed by atoms with Crippen molar-refractivity contribution in [2.24, 2.45) is 0 Å². The number of hydrogen-bond acceptors (Lipinski definition) is 3. The maximum Gasteiger partial charge on any atom is 0.238 e. The molecule has 0 bridgehead atoms. The molecule has 1 aliphatic heterocycles. The molecule has 2 aromatic rings. The van der Waals surface area contributed by atoms with E-state index in [1.165, 1.54) is 24.8 Å². The lowest BCUT2D eigenvalue weighted by Crippen LogP contribution is -2.36. The molecule has 1 saturated heterocycles. The number of carbonyl (C=O) groups is 1. The number of nitrogens with one attached hydrogen (secondary N) is 1. The normalized spacial score (nSPS) is 14.8. The number of rotatable bonds is 8. The fourth-order valence-electron chi connectivity index (χ4n) is 3.31. The summed E-state index contributed by atoms with van der Waals surface area (Å²) in [5, 5.41) is 3.01. The van der Waals surface area contributed by atoms with Gasteiger partial charge in [0.15, 0.2) is 0 Å². The van der Waals surface area contributed by atoms with Crippen LogP contribution >= 0.6 is 0 Å². The quantitative estimate of drug-likeness (QED) is 0.727. The molecule has 2 aromatic carbocycles. The summed E-state index contributed by atoms with van der Waals surface area (Å²) in [6.07, 6.45) is 5.59. The monoisotopic (exact) mass is 352 g/mol. The van der Waals surface area contributed by atoms with Crippen LogP contribution in [-0.2, 0) is 11.2 Å². The van der Waals surface area contributed by atoms with Gasteiger partial charge < -0.3 is 10.1 Å². The van der Waals surface area contributed by atoms with Gasteiger partial charge in [-0.2, -0.15) is 0 Å². The largest absolute Gasteiger partial charge is 0.491 e. The van der Waals surface area contributed by atoms with Gasteiger partial charge in [-0.05, 0) is 56.5 Å². The van der Waals surface area contributed by atoms with Gasteiger partial charge in [0, 0.05) is 0 Å². The van der Waals surface area contributed by atoms with Gasteiger partial charge in [-0.1, -0.05) is 48.9 Å². The van der Waals surface area contributed by atoms with Crippen LogP contribution in [0.25, 0.3) is 0 Å². The summed E-state index contributed by atoms with van der Waals surface area (Å²) in [6.45, 7) is 3.13. The Labute approximate surface area is 156 Å². The zero-order valence-corrected chi connectivity index (χ0v) is 15.3. The molecule has 4 nitrogen and oxygen atoms in total. The van der Waals surface area contributed by atoms with Gasteiger partial charge in [0.05, 0.1) is 18.8 Å². The van der Waals surface area contributed by atoms with Gasteiger partial charge >= 0.3 is 0 Å². The first kappa shape index (κ1) is 18.5. The Morgan fingerprint density at radius 1 is 0.962 bits per heavy atom. The third kappa shape index (κ3) is 5.88. The number of piperidine rings is 1. The summed E-state index contributed by atoms with van der Waals surface area (Å²) in [5.74, 6) is 0.778. The van der Waals surface area contributed by atoms with Gasteiger partial charge in [0.25, 0.3) is 0 Å². The number of ether oxygens (including phenoxy) is 1. The number of hydrogen-bond donors (Lipinski definition) is 1. The third-order valence-corrected chi connectivity index (χ3v) is 4.69. The molecule has 1 N–H and O–H groups in total. The van der Waals surface area contributed by atoms with Gasteiger partial charge in [-0.25, -0.2) is 0 Å². The SMILES string of the molecule is O=C(CN1CCCCC1)Nc1ccccc1OCCCc1ccccc1. The summed E-state index contributed by atoms with van der Waals surface area (Å²) in [4.78, 5) is 14.6. The first-order valence-corrected chi connectivity index (χ1v) is 9.59. The van der Waals surface area contributed by atoms with Crippen LogP contribution in [0.2, 0.25) is 0 Å². The number of nitrogens with zero attached hydrogens (tertiary/aromatic N) is 1. The first-order valence-electron chi connectivity index (χ1n) is 9.59. The number of benzene rings is 2. The minimum absolute atomic E-state index is 0.0345. The Bertz CT molecular complexity index is 682. The van der Waals surface area contributed by atoms with Crippen molar-refractivity contribution in [3.05, 3.63) is 60.2 Å². The number of amides is 1. The molecule has 1 amide bonds. The van der Waals surface area contributed by atoms with Crippen molar-refractivity contribution in [3.8, 4) is 5.75 Å². The maximum atomic E-state index is 12.3. The van der Waals surface area contributed by atoms with Crippen LogP contribution in [-0.4, -0.2) is 37.0 Å². The minimum atomic E-state index is 0.0345. The van der Waals surface area contributed by atoms with Crippen LogP contribution in [0.5, 0.6) is 5.75 Å². The Hall–Kier alpha value is -2.33. The lowest BCUT2D eigenvalue weighted by molar-refractivity contribution is -0.117. The molecule has 0 aliphatic carbocycles. The van der Waals surface area contributed by atoms with Crippen LogP contribution in [0, 0.1) is 0 Å². The zero-order chi connectivity index (χ0) is 18.0. The smallest absolute Gasteiger partial charge is 0.238 e. The van der Waals surface area contributed by atoms with E-state index in [0.717, 1.165) is 37.4 Å². The highest BCUT2D eigenvalue weighted by atomic mass is 16.5. The molecule has 0 unspecified atom stereocenters. The highest BCUT2D eigenvalue weighted by Gasteiger charge is 2.15. The van der Waals surface area contributed by atoms with E-state index in [9.17, 15) is 4.79 Å². The summed E-state index contributed by atoms with van der Waals surface area (Å²) in [5.41, 5.74) is 2.08. The van der Waals surface area contributed by atoms with Crippen molar-refractivity contribution in [1.82, 2.24) is 4.90 Å². The molecule has 1 fully saturated rings. The Balaban J connectivity index is 1.46. The van der Waals surface area contributed by atoms with E-state index in [1.54, 1.807) is 0 Å². The molecule has 1 heterocycles. The second-order valence-corrected chi connectivity index (χ2v) is 6.82. The van der Waals surface area contributed by atoms with Crippen LogP contribution in [0.4, 0.5) is 5.69 Å². The topological polar surface area (TPSA) is 41.6 Å².